The van der Waals surface area contributed by atoms with Crippen LogP contribution in [0.1, 0.15) is 19.2 Å². The van der Waals surface area contributed by atoms with Gasteiger partial charge in [-0.15, -0.1) is 0 Å². The summed E-state index contributed by atoms with van der Waals surface area (Å²) < 4.78 is 5.12. The summed E-state index contributed by atoms with van der Waals surface area (Å²) in [5, 5.41) is 7.31. The van der Waals surface area contributed by atoms with Gasteiger partial charge in [-0.2, -0.15) is 4.98 Å². The van der Waals surface area contributed by atoms with Crippen LogP contribution in [0.2, 0.25) is 5.02 Å². The van der Waals surface area contributed by atoms with Crippen LogP contribution in [0.25, 0.3) is 11.4 Å². The monoisotopic (exact) mass is 291 g/mol. The van der Waals surface area contributed by atoms with E-state index in [0.717, 1.165) is 12.0 Å². The van der Waals surface area contributed by atoms with Gasteiger partial charge >= 0.3 is 0 Å². The van der Waals surface area contributed by atoms with E-state index in [1.807, 2.05) is 12.1 Å². The molecule has 1 saturated carbocycles. The van der Waals surface area contributed by atoms with Gasteiger partial charge in [0.15, 0.2) is 0 Å². The summed E-state index contributed by atoms with van der Waals surface area (Å²) in [5.74, 6) is 1.54. The number of rotatable bonds is 4. The SMILES string of the molecule is C[C@@H]1C[C@@H]1C(=O)NCc1nc(-c2cccc(Cl)c2)no1. The third kappa shape index (κ3) is 2.82. The minimum absolute atomic E-state index is 0.0556. The fraction of sp³-hybridized carbons (Fsp3) is 0.357. The van der Waals surface area contributed by atoms with Crippen molar-refractivity contribution >= 4 is 17.5 Å². The van der Waals surface area contributed by atoms with E-state index in [1.54, 1.807) is 12.1 Å². The molecule has 20 heavy (non-hydrogen) atoms. The first-order valence-corrected chi connectivity index (χ1v) is 6.87. The molecule has 0 radical (unpaired) electrons. The highest BCUT2D eigenvalue weighted by Crippen LogP contribution is 2.37. The molecule has 0 aliphatic heterocycles. The lowest BCUT2D eigenvalue weighted by Gasteiger charge is -1.99. The van der Waals surface area contributed by atoms with Crippen molar-refractivity contribution in [3.8, 4) is 11.4 Å². The predicted octanol–water partition coefficient (Wildman–Crippen LogP) is 2.66. The molecule has 1 heterocycles. The summed E-state index contributed by atoms with van der Waals surface area (Å²) in [6.07, 6.45) is 0.962. The largest absolute Gasteiger partial charge is 0.347 e. The Bertz CT molecular complexity index is 641. The lowest BCUT2D eigenvalue weighted by Crippen LogP contribution is -2.24. The van der Waals surface area contributed by atoms with Gasteiger partial charge in [0.05, 0.1) is 6.54 Å². The molecule has 1 aliphatic rings. The number of nitrogens with one attached hydrogen (secondary N) is 1. The Hall–Kier alpha value is -1.88. The van der Waals surface area contributed by atoms with Crippen molar-refractivity contribution in [2.24, 2.45) is 11.8 Å². The summed E-state index contributed by atoms with van der Waals surface area (Å²) >= 11 is 5.92. The number of hydrogen-bond acceptors (Lipinski definition) is 4. The molecule has 104 valence electrons. The van der Waals surface area contributed by atoms with Crippen molar-refractivity contribution in [3.63, 3.8) is 0 Å². The number of halogens is 1. The molecular formula is C14H14ClN3O2. The van der Waals surface area contributed by atoms with Gasteiger partial charge in [-0.1, -0.05) is 35.8 Å². The second-order valence-corrected chi connectivity index (χ2v) is 5.50. The van der Waals surface area contributed by atoms with Gasteiger partial charge in [-0.05, 0) is 24.5 Å². The Kier molecular flexibility index (Phi) is 3.44. The Labute approximate surface area is 121 Å². The molecule has 0 spiro atoms. The number of aromatic nitrogens is 2. The summed E-state index contributed by atoms with van der Waals surface area (Å²) in [4.78, 5) is 15.9. The maximum absolute atomic E-state index is 11.7. The van der Waals surface area contributed by atoms with Gasteiger partial charge in [0.1, 0.15) is 0 Å². The average molecular weight is 292 g/mol. The number of carbonyl (C=O) groups excluding carboxylic acids is 1. The quantitative estimate of drug-likeness (QED) is 0.940. The summed E-state index contributed by atoms with van der Waals surface area (Å²) in [6.45, 7) is 2.32. The zero-order chi connectivity index (χ0) is 14.1. The maximum Gasteiger partial charge on any atom is 0.246 e. The molecule has 1 N–H and O–H groups in total. The smallest absolute Gasteiger partial charge is 0.246 e. The van der Waals surface area contributed by atoms with E-state index in [2.05, 4.69) is 22.4 Å². The van der Waals surface area contributed by atoms with Crippen LogP contribution >= 0.6 is 11.6 Å². The molecule has 0 unspecified atom stereocenters. The van der Waals surface area contributed by atoms with E-state index in [-0.39, 0.29) is 18.4 Å². The van der Waals surface area contributed by atoms with Crippen LogP contribution < -0.4 is 5.32 Å². The van der Waals surface area contributed by atoms with E-state index in [4.69, 9.17) is 16.1 Å². The Morgan fingerprint density at radius 3 is 3.05 bits per heavy atom. The van der Waals surface area contributed by atoms with Crippen LogP contribution in [0.4, 0.5) is 0 Å². The molecule has 5 nitrogen and oxygen atoms in total. The maximum atomic E-state index is 11.7. The van der Waals surface area contributed by atoms with Crippen molar-refractivity contribution in [3.05, 3.63) is 35.2 Å². The van der Waals surface area contributed by atoms with Crippen molar-refractivity contribution in [1.29, 1.82) is 0 Å². The third-order valence-electron chi connectivity index (χ3n) is 3.41. The van der Waals surface area contributed by atoms with E-state index < -0.39 is 0 Å². The molecule has 6 heteroatoms. The number of benzene rings is 1. The first-order valence-electron chi connectivity index (χ1n) is 6.49. The standard InChI is InChI=1S/C14H14ClN3O2/c1-8-5-11(8)14(19)16-7-12-17-13(18-20-12)9-3-2-4-10(15)6-9/h2-4,6,8,11H,5,7H2,1H3,(H,16,19)/t8-,11+/m1/s1. The van der Waals surface area contributed by atoms with Crippen molar-refractivity contribution in [2.75, 3.05) is 0 Å². The number of nitrogens with zero attached hydrogens (tertiary/aromatic N) is 2. The molecule has 1 amide bonds. The topological polar surface area (TPSA) is 68.0 Å². The minimum atomic E-state index is 0.0556. The normalized spacial score (nSPS) is 20.7. The first kappa shape index (κ1) is 13.1. The van der Waals surface area contributed by atoms with Crippen LogP contribution in [0.15, 0.2) is 28.8 Å². The van der Waals surface area contributed by atoms with Gasteiger partial charge in [-0.3, -0.25) is 4.79 Å². The molecule has 1 aromatic heterocycles. The summed E-state index contributed by atoms with van der Waals surface area (Å²) in [6, 6.07) is 7.22. The van der Waals surface area contributed by atoms with Crippen LogP contribution in [0.3, 0.4) is 0 Å². The van der Waals surface area contributed by atoms with Crippen molar-refractivity contribution in [2.45, 2.75) is 19.9 Å². The fourth-order valence-electron chi connectivity index (χ4n) is 2.05. The second-order valence-electron chi connectivity index (χ2n) is 5.06. The van der Waals surface area contributed by atoms with Crippen LogP contribution in [0.5, 0.6) is 0 Å². The molecule has 2 atom stereocenters. The van der Waals surface area contributed by atoms with E-state index in [1.165, 1.54) is 0 Å². The zero-order valence-corrected chi connectivity index (χ0v) is 11.7. The van der Waals surface area contributed by atoms with E-state index in [9.17, 15) is 4.79 Å². The second kappa shape index (κ2) is 5.25. The molecule has 0 saturated heterocycles. The molecule has 1 fully saturated rings. The average Bonchev–Trinajstić information content (AvgIpc) is 2.99. The molecule has 0 bridgehead atoms. The third-order valence-corrected chi connectivity index (χ3v) is 3.65. The van der Waals surface area contributed by atoms with Crippen LogP contribution in [-0.4, -0.2) is 16.0 Å². The van der Waals surface area contributed by atoms with Gasteiger partial charge in [-0.25, -0.2) is 0 Å². The van der Waals surface area contributed by atoms with E-state index in [0.29, 0.717) is 22.7 Å². The minimum Gasteiger partial charge on any atom is -0.347 e. The highest BCUT2D eigenvalue weighted by atomic mass is 35.5. The Morgan fingerprint density at radius 2 is 2.35 bits per heavy atom. The molecule has 1 aliphatic carbocycles. The lowest BCUT2D eigenvalue weighted by molar-refractivity contribution is -0.122. The van der Waals surface area contributed by atoms with Gasteiger partial charge in [0.25, 0.3) is 0 Å². The molecular weight excluding hydrogens is 278 g/mol. The Balaban J connectivity index is 1.63. The predicted molar refractivity (Wildman–Crippen MR) is 73.9 cm³/mol. The van der Waals surface area contributed by atoms with Crippen molar-refractivity contribution in [1.82, 2.24) is 15.5 Å². The molecule has 1 aromatic carbocycles. The first-order chi connectivity index (χ1) is 9.63. The van der Waals surface area contributed by atoms with Gasteiger partial charge in [0.2, 0.25) is 17.6 Å². The van der Waals surface area contributed by atoms with E-state index >= 15 is 0 Å². The summed E-state index contributed by atoms with van der Waals surface area (Å²) in [7, 11) is 0. The van der Waals surface area contributed by atoms with Crippen LogP contribution in [0, 0.1) is 11.8 Å². The summed E-state index contributed by atoms with van der Waals surface area (Å²) in [5.41, 5.74) is 0.787. The highest BCUT2D eigenvalue weighted by molar-refractivity contribution is 6.30. The van der Waals surface area contributed by atoms with Gasteiger partial charge in [0, 0.05) is 16.5 Å². The lowest BCUT2D eigenvalue weighted by atomic mass is 10.2. The fourth-order valence-corrected chi connectivity index (χ4v) is 2.24. The van der Waals surface area contributed by atoms with Gasteiger partial charge < -0.3 is 9.84 Å². The zero-order valence-electron chi connectivity index (χ0n) is 11.0. The number of hydrogen-bond donors (Lipinski definition) is 1. The number of carbonyl (C=O) groups is 1. The van der Waals surface area contributed by atoms with Crippen LogP contribution in [-0.2, 0) is 11.3 Å². The number of amides is 1. The van der Waals surface area contributed by atoms with Crippen molar-refractivity contribution < 1.29 is 9.32 Å². The Morgan fingerprint density at radius 1 is 1.55 bits per heavy atom. The molecule has 3 rings (SSSR count). The molecule has 2 aromatic rings. The highest BCUT2D eigenvalue weighted by Gasteiger charge is 2.38.